The van der Waals surface area contributed by atoms with Crippen LogP contribution < -0.4 is 9.80 Å². The third kappa shape index (κ3) is 15.5. The van der Waals surface area contributed by atoms with E-state index in [9.17, 15) is 0 Å². The monoisotopic (exact) mass is 1090 g/mol. The molecule has 0 saturated carbocycles. The lowest BCUT2D eigenvalue weighted by atomic mass is 9.93. The standard InChI is InChI=1S/C60H88Br2N2O2S2/c1-5-9-13-17-21-23-27-31-35-45(33-29-25-19-15-11-7-3)43-63-55-49-39-37-47(61)41-51(49)67-57(55)53(59(63)65)54-58-56(50-40-38-48(62)42-52(50)68-58)64(60(54)66)44-46(34-30-26-20-16-12-8-4)36-32-28-24-22-18-14-10-6-2/h37-42,45-46H,5-36,43-44H2,1-4H3. The number of unbranched alkanes of at least 4 members (excludes halogenated alkanes) is 24. The number of amides is 2. The summed E-state index contributed by atoms with van der Waals surface area (Å²) in [4.78, 5) is 37.5. The van der Waals surface area contributed by atoms with Gasteiger partial charge in [-0.3, -0.25) is 9.59 Å². The topological polar surface area (TPSA) is 40.6 Å². The Morgan fingerprint density at radius 2 is 0.691 bits per heavy atom. The first-order chi connectivity index (χ1) is 33.3. The Kier molecular flexibility index (Phi) is 24.5. The van der Waals surface area contributed by atoms with Gasteiger partial charge in [0.05, 0.1) is 32.3 Å². The predicted octanol–water partition coefficient (Wildman–Crippen LogP) is 21.0. The minimum absolute atomic E-state index is 0.0392. The highest BCUT2D eigenvalue weighted by molar-refractivity contribution is 9.10. The van der Waals surface area contributed by atoms with Crippen LogP contribution in [0.25, 0.3) is 31.3 Å². The summed E-state index contributed by atoms with van der Waals surface area (Å²) < 4.78 is 4.42. The molecule has 8 heteroatoms. The summed E-state index contributed by atoms with van der Waals surface area (Å²) >= 11 is 11.0. The van der Waals surface area contributed by atoms with Crippen molar-refractivity contribution in [2.24, 2.45) is 11.8 Å². The molecule has 0 aliphatic carbocycles. The van der Waals surface area contributed by atoms with Crippen molar-refractivity contribution in [1.82, 2.24) is 0 Å². The number of hydrogen-bond acceptors (Lipinski definition) is 4. The molecule has 0 fully saturated rings. The molecular formula is C60H88Br2N2O2S2. The Labute approximate surface area is 438 Å². The lowest BCUT2D eigenvalue weighted by Gasteiger charge is -2.25. The summed E-state index contributed by atoms with van der Waals surface area (Å²) in [5, 5.41) is 2.27. The average molecular weight is 1090 g/mol. The van der Waals surface area contributed by atoms with Gasteiger partial charge < -0.3 is 9.80 Å². The minimum Gasteiger partial charge on any atom is -0.306 e. The number of hydrogen-bond donors (Lipinski definition) is 0. The van der Waals surface area contributed by atoms with E-state index in [-0.39, 0.29) is 11.8 Å². The van der Waals surface area contributed by atoms with Crippen molar-refractivity contribution in [1.29, 1.82) is 0 Å². The fraction of sp³-hybridized carbons (Fsp3) is 0.667. The van der Waals surface area contributed by atoms with E-state index >= 15 is 9.59 Å². The molecule has 2 unspecified atom stereocenters. The zero-order valence-electron chi connectivity index (χ0n) is 42.9. The number of halogens is 2. The maximum absolute atomic E-state index is 15.6. The van der Waals surface area contributed by atoms with E-state index in [2.05, 4.69) is 106 Å². The molecule has 2 aliphatic rings. The molecule has 4 nitrogen and oxygen atoms in total. The Balaban J connectivity index is 1.32. The van der Waals surface area contributed by atoms with E-state index in [4.69, 9.17) is 0 Å². The first-order valence-corrected chi connectivity index (χ1v) is 31.4. The second-order valence-electron chi connectivity index (χ2n) is 20.8. The van der Waals surface area contributed by atoms with Gasteiger partial charge in [0.15, 0.2) is 0 Å². The highest BCUT2D eigenvalue weighted by Gasteiger charge is 2.46. The van der Waals surface area contributed by atoms with Gasteiger partial charge in [0.25, 0.3) is 11.8 Å². The van der Waals surface area contributed by atoms with Gasteiger partial charge in [-0.1, -0.05) is 251 Å². The summed E-state index contributed by atoms with van der Waals surface area (Å²) in [5.41, 5.74) is 3.39. The van der Waals surface area contributed by atoms with E-state index in [0.29, 0.717) is 23.0 Å². The summed E-state index contributed by atoms with van der Waals surface area (Å²) in [6.45, 7) is 10.6. The Morgan fingerprint density at radius 1 is 0.412 bits per heavy atom. The molecule has 0 N–H and O–H groups in total. The molecule has 2 aliphatic heterocycles. The Morgan fingerprint density at radius 3 is 0.985 bits per heavy atom. The summed E-state index contributed by atoms with van der Waals surface area (Å²) in [7, 11) is 0. The number of anilines is 2. The van der Waals surface area contributed by atoms with Gasteiger partial charge in [-0.25, -0.2) is 0 Å². The molecule has 0 spiro atoms. The van der Waals surface area contributed by atoms with Crippen molar-refractivity contribution in [3.63, 3.8) is 0 Å². The van der Waals surface area contributed by atoms with Crippen molar-refractivity contribution < 1.29 is 9.59 Å². The molecule has 4 aromatic rings. The van der Waals surface area contributed by atoms with Crippen molar-refractivity contribution in [3.05, 3.63) is 55.1 Å². The van der Waals surface area contributed by atoms with Gasteiger partial charge in [0, 0.05) is 42.2 Å². The van der Waals surface area contributed by atoms with Crippen LogP contribution in [0.5, 0.6) is 0 Å². The zero-order valence-corrected chi connectivity index (χ0v) is 47.7. The van der Waals surface area contributed by atoms with Crippen LogP contribution in [0.2, 0.25) is 0 Å². The average Bonchev–Trinajstić information content (AvgIpc) is 4.03. The maximum atomic E-state index is 15.6. The molecule has 0 bridgehead atoms. The van der Waals surface area contributed by atoms with E-state index in [0.717, 1.165) is 79.6 Å². The maximum Gasteiger partial charge on any atom is 0.260 e. The summed E-state index contributed by atoms with van der Waals surface area (Å²) in [6, 6.07) is 13.1. The highest BCUT2D eigenvalue weighted by atomic mass is 79.9. The number of nitrogens with zero attached hydrogens (tertiary/aromatic N) is 2. The first kappa shape index (κ1) is 55.3. The molecule has 0 saturated heterocycles. The number of carbonyl (C=O) groups excluding carboxylic acids is 2. The van der Waals surface area contributed by atoms with Crippen LogP contribution in [-0.4, -0.2) is 24.9 Å². The smallest absolute Gasteiger partial charge is 0.260 e. The molecule has 2 amide bonds. The van der Waals surface area contributed by atoms with E-state index in [1.54, 1.807) is 22.7 Å². The van der Waals surface area contributed by atoms with E-state index in [1.807, 2.05) is 0 Å². The van der Waals surface area contributed by atoms with Gasteiger partial charge in [-0.2, -0.15) is 0 Å². The van der Waals surface area contributed by atoms with Crippen LogP contribution in [0.15, 0.2) is 45.3 Å². The number of rotatable bonds is 36. The van der Waals surface area contributed by atoms with Crippen molar-refractivity contribution >= 4 is 109 Å². The quantitative estimate of drug-likeness (QED) is 0.0336. The predicted molar refractivity (Wildman–Crippen MR) is 308 cm³/mol. The van der Waals surface area contributed by atoms with Crippen LogP contribution >= 0.6 is 54.5 Å². The number of benzene rings is 2. The highest BCUT2D eigenvalue weighted by Crippen LogP contribution is 2.56. The van der Waals surface area contributed by atoms with Crippen LogP contribution in [0.1, 0.15) is 243 Å². The summed E-state index contributed by atoms with van der Waals surface area (Å²) in [5.74, 6) is 0.939. The minimum atomic E-state index is 0.0392. The lowest BCUT2D eigenvalue weighted by Crippen LogP contribution is -2.34. The van der Waals surface area contributed by atoms with Gasteiger partial charge in [-0.15, -0.1) is 22.7 Å². The number of thiophene rings is 2. The molecule has 4 heterocycles. The van der Waals surface area contributed by atoms with Crippen LogP contribution in [0.4, 0.5) is 11.4 Å². The van der Waals surface area contributed by atoms with Crippen molar-refractivity contribution in [2.75, 3.05) is 22.9 Å². The Hall–Kier alpha value is -2.00. The van der Waals surface area contributed by atoms with Gasteiger partial charge >= 0.3 is 0 Å². The van der Waals surface area contributed by atoms with Gasteiger partial charge in [-0.05, 0) is 61.8 Å². The molecule has 6 rings (SSSR count). The molecule has 2 aromatic carbocycles. The van der Waals surface area contributed by atoms with E-state index in [1.165, 1.54) is 189 Å². The van der Waals surface area contributed by atoms with Crippen molar-refractivity contribution in [2.45, 2.75) is 233 Å². The molecule has 0 radical (unpaired) electrons. The molecular weight excluding hydrogens is 1000 g/mol. The van der Waals surface area contributed by atoms with Crippen molar-refractivity contribution in [3.8, 4) is 0 Å². The molecule has 2 atom stereocenters. The van der Waals surface area contributed by atoms with E-state index < -0.39 is 0 Å². The fourth-order valence-corrected chi connectivity index (χ4v) is 14.8. The van der Waals surface area contributed by atoms with Gasteiger partial charge in [0.2, 0.25) is 0 Å². The zero-order chi connectivity index (χ0) is 48.1. The largest absolute Gasteiger partial charge is 0.306 e. The fourth-order valence-electron chi connectivity index (χ4n) is 11.2. The van der Waals surface area contributed by atoms with Gasteiger partial charge in [0.1, 0.15) is 0 Å². The van der Waals surface area contributed by atoms with Crippen LogP contribution in [-0.2, 0) is 9.59 Å². The summed E-state index contributed by atoms with van der Waals surface area (Å²) in [6.07, 6.45) is 41.0. The van der Waals surface area contributed by atoms with Crippen LogP contribution in [0, 0.1) is 11.8 Å². The second-order valence-corrected chi connectivity index (χ2v) is 24.7. The molecule has 376 valence electrons. The van der Waals surface area contributed by atoms with Crippen LogP contribution in [0.3, 0.4) is 0 Å². The number of carbonyl (C=O) groups is 2. The lowest BCUT2D eigenvalue weighted by molar-refractivity contribution is -0.114. The first-order valence-electron chi connectivity index (χ1n) is 28.1. The third-order valence-electron chi connectivity index (χ3n) is 15.2. The molecule has 2 aromatic heterocycles. The number of fused-ring (bicyclic) bond motifs is 6. The normalized spacial score (nSPS) is 15.7. The molecule has 68 heavy (non-hydrogen) atoms. The Bertz CT molecular complexity index is 2040. The third-order valence-corrected chi connectivity index (χ3v) is 18.5. The SMILES string of the molecule is CCCCCCCCCCC(CCCCCCCC)CN1C(=O)C(=C2C(=O)N(CC(CCCCCCCC)CCCCCCCCCC)c3c2sc2cc(Br)ccc32)c2sc3cc(Br)ccc3c21. The second kappa shape index (κ2) is 30.1.